The van der Waals surface area contributed by atoms with Crippen molar-refractivity contribution in [1.29, 1.82) is 0 Å². The van der Waals surface area contributed by atoms with Crippen molar-refractivity contribution in [1.82, 2.24) is 0 Å². The molecular formula is C15H14FeO7. The van der Waals surface area contributed by atoms with Crippen LogP contribution in [0.2, 0.25) is 0 Å². The predicted molar refractivity (Wildman–Crippen MR) is 77.4 cm³/mol. The molecule has 23 heavy (non-hydrogen) atoms. The molecule has 0 bridgehead atoms. The zero-order chi connectivity index (χ0) is 18.4. The van der Waals surface area contributed by atoms with Gasteiger partial charge in [0.2, 0.25) is 0 Å². The Hall–Kier alpha value is -2.57. The standard InChI is InChI=1S/C12H14O4.3CO.Fe/c1-4-7-8-9-12(15-10(13)5-2)16-11(14)6-3;3*1-2;/h4-9,12H,2-3H2,1H3;;;;. The molecule has 0 rings (SSSR count). The molecule has 0 heterocycles. The Morgan fingerprint density at radius 1 is 0.870 bits per heavy atom. The number of carbonyl (C=O) groups excluding carboxylic acids is 5. The van der Waals surface area contributed by atoms with Gasteiger partial charge in [0.15, 0.2) is 0 Å². The van der Waals surface area contributed by atoms with Crippen LogP contribution in [-0.2, 0) is 50.5 Å². The average molecular weight is 362 g/mol. The Balaban J connectivity index is -0.000000137. The van der Waals surface area contributed by atoms with Crippen LogP contribution in [0.1, 0.15) is 6.92 Å². The maximum absolute atomic E-state index is 10.9. The first kappa shape index (κ1) is 32.4. The van der Waals surface area contributed by atoms with E-state index in [1.54, 1.807) is 18.2 Å². The van der Waals surface area contributed by atoms with Gasteiger partial charge in [0.1, 0.15) is 0 Å². The predicted octanol–water partition coefficient (Wildman–Crippen LogP) is 0.709. The maximum atomic E-state index is 10.9. The number of esters is 2. The van der Waals surface area contributed by atoms with E-state index in [0.717, 1.165) is 12.2 Å². The molecule has 0 aliphatic heterocycles. The van der Waals surface area contributed by atoms with Crippen LogP contribution in [0, 0.1) is 0 Å². The second-order valence-electron chi connectivity index (χ2n) is 2.56. The molecule has 0 unspecified atom stereocenters. The number of hydrogen-bond acceptors (Lipinski definition) is 7. The summed E-state index contributed by atoms with van der Waals surface area (Å²) in [5, 5.41) is 0. The van der Waals surface area contributed by atoms with Crippen LogP contribution in [0.15, 0.2) is 49.6 Å². The van der Waals surface area contributed by atoms with Crippen molar-refractivity contribution in [3.8, 4) is 0 Å². The zero-order valence-electron chi connectivity index (χ0n) is 12.2. The van der Waals surface area contributed by atoms with Gasteiger partial charge in [0.05, 0.1) is 0 Å². The fraction of sp³-hybridized carbons (Fsp3) is 0.133. The number of ether oxygens (including phenoxy) is 2. The summed E-state index contributed by atoms with van der Waals surface area (Å²) in [5.41, 5.74) is 0. The molecule has 0 aromatic carbocycles. The molecule has 0 fully saturated rings. The van der Waals surface area contributed by atoms with E-state index in [1.807, 2.05) is 6.92 Å². The minimum atomic E-state index is -1.08. The molecule has 0 saturated heterocycles. The van der Waals surface area contributed by atoms with Crippen molar-refractivity contribution in [3.63, 3.8) is 0 Å². The van der Waals surface area contributed by atoms with Gasteiger partial charge in [-0.25, -0.2) is 9.59 Å². The molecule has 0 atom stereocenters. The smallest absolute Gasteiger partial charge is 0.333 e. The minimum absolute atomic E-state index is 0. The molecular weight excluding hydrogens is 348 g/mol. The Kier molecular flexibility index (Phi) is 44.6. The van der Waals surface area contributed by atoms with Gasteiger partial charge < -0.3 is 9.47 Å². The number of allylic oxidation sites excluding steroid dienone is 3. The molecule has 0 aliphatic carbocycles. The summed E-state index contributed by atoms with van der Waals surface area (Å²) in [4.78, 5) is 44.3. The monoisotopic (exact) mass is 362 g/mol. The summed E-state index contributed by atoms with van der Waals surface area (Å²) in [7, 11) is 0. The van der Waals surface area contributed by atoms with E-state index < -0.39 is 18.2 Å². The van der Waals surface area contributed by atoms with Gasteiger partial charge in [-0.1, -0.05) is 31.4 Å². The Morgan fingerprint density at radius 3 is 1.48 bits per heavy atom. The van der Waals surface area contributed by atoms with E-state index >= 15 is 0 Å². The van der Waals surface area contributed by atoms with Crippen LogP contribution >= 0.6 is 0 Å². The second-order valence-corrected chi connectivity index (χ2v) is 2.56. The molecule has 0 spiro atoms. The van der Waals surface area contributed by atoms with Crippen LogP contribution in [0.3, 0.4) is 0 Å². The molecule has 0 amide bonds. The van der Waals surface area contributed by atoms with E-state index in [4.69, 9.17) is 23.9 Å². The quantitative estimate of drug-likeness (QED) is 0.225. The topological polar surface area (TPSA) is 104 Å². The van der Waals surface area contributed by atoms with Crippen LogP contribution in [0.5, 0.6) is 0 Å². The van der Waals surface area contributed by atoms with Crippen molar-refractivity contribution in [2.75, 3.05) is 0 Å². The third-order valence-corrected chi connectivity index (χ3v) is 1.37. The molecule has 124 valence electrons. The second kappa shape index (κ2) is 31.7. The molecule has 7 nitrogen and oxygen atoms in total. The fourth-order valence-corrected chi connectivity index (χ4v) is 0.694. The summed E-state index contributed by atoms with van der Waals surface area (Å²) in [6.45, 7) is 21.8. The van der Waals surface area contributed by atoms with E-state index in [0.29, 0.717) is 0 Å². The normalized spacial score (nSPS) is 7.91. The summed E-state index contributed by atoms with van der Waals surface area (Å²) in [6, 6.07) is 0. The largest absolute Gasteiger partial charge is 0.418 e. The van der Waals surface area contributed by atoms with Gasteiger partial charge in [0.25, 0.3) is 26.7 Å². The molecule has 0 aliphatic rings. The van der Waals surface area contributed by atoms with Gasteiger partial charge >= 0.3 is 11.9 Å². The average Bonchev–Trinajstić information content (AvgIpc) is 2.60. The maximum Gasteiger partial charge on any atom is 0.333 e. The molecule has 0 N–H and O–H groups in total. The summed E-state index contributed by atoms with van der Waals surface area (Å²) < 4.78 is 9.50. The molecule has 0 saturated carbocycles. The van der Waals surface area contributed by atoms with Crippen molar-refractivity contribution in [2.45, 2.75) is 13.2 Å². The third-order valence-electron chi connectivity index (χ3n) is 1.37. The van der Waals surface area contributed by atoms with E-state index in [-0.39, 0.29) is 17.1 Å². The SMILES string of the molecule is C=CC(=O)OC(C=CC=CC)OC(=O)C=C.[C]=O.[C]=O.[C]=O.[Fe]. The summed E-state index contributed by atoms with van der Waals surface area (Å²) in [6.07, 6.45) is 7.39. The van der Waals surface area contributed by atoms with Crippen LogP contribution in [-0.4, -0.2) is 38.6 Å². The van der Waals surface area contributed by atoms with Gasteiger partial charge in [0, 0.05) is 29.2 Å². The van der Waals surface area contributed by atoms with Crippen molar-refractivity contribution >= 4 is 32.3 Å². The fourth-order valence-electron chi connectivity index (χ4n) is 0.694. The van der Waals surface area contributed by atoms with E-state index in [9.17, 15) is 9.59 Å². The Labute approximate surface area is 146 Å². The van der Waals surface area contributed by atoms with Crippen LogP contribution in [0.25, 0.3) is 0 Å². The van der Waals surface area contributed by atoms with Crippen molar-refractivity contribution in [3.05, 3.63) is 49.6 Å². The number of rotatable bonds is 6. The first-order valence-electron chi connectivity index (χ1n) is 5.20. The first-order chi connectivity index (χ1) is 10.6. The molecule has 8 heteroatoms. The molecule has 0 aromatic rings. The zero-order valence-corrected chi connectivity index (χ0v) is 13.3. The Morgan fingerprint density at radius 2 is 1.22 bits per heavy atom. The number of hydrogen-bond donors (Lipinski definition) is 0. The van der Waals surface area contributed by atoms with Crippen LogP contribution < -0.4 is 0 Å². The summed E-state index contributed by atoms with van der Waals surface area (Å²) in [5.74, 6) is -1.35. The van der Waals surface area contributed by atoms with Crippen molar-refractivity contribution in [2.24, 2.45) is 0 Å². The van der Waals surface area contributed by atoms with E-state index in [1.165, 1.54) is 6.08 Å². The Bertz CT molecular complexity index is 351. The van der Waals surface area contributed by atoms with Gasteiger partial charge in [-0.3, -0.25) is 14.4 Å². The minimum Gasteiger partial charge on any atom is -0.418 e. The first-order valence-corrected chi connectivity index (χ1v) is 5.20. The van der Waals surface area contributed by atoms with Gasteiger partial charge in [-0.15, -0.1) is 0 Å². The van der Waals surface area contributed by atoms with Crippen LogP contribution in [0.4, 0.5) is 0 Å². The summed E-state index contributed by atoms with van der Waals surface area (Å²) >= 11 is 0. The third kappa shape index (κ3) is 28.3. The van der Waals surface area contributed by atoms with Gasteiger partial charge in [-0.05, 0) is 13.0 Å². The van der Waals surface area contributed by atoms with E-state index in [2.05, 4.69) is 33.5 Å². The molecule has 0 aromatic heterocycles. The van der Waals surface area contributed by atoms with Gasteiger partial charge in [-0.2, -0.15) is 0 Å². The van der Waals surface area contributed by atoms with Crippen molar-refractivity contribution < 1.29 is 50.5 Å². The molecule has 6 radical (unpaired) electrons. The number of carbonyl (C=O) groups is 2.